The van der Waals surface area contributed by atoms with Crippen molar-refractivity contribution in [3.8, 4) is 0 Å². The number of nitrogens with two attached hydrogens (primary N) is 1. The Morgan fingerprint density at radius 1 is 0.385 bits per heavy atom. The summed E-state index contributed by atoms with van der Waals surface area (Å²) < 4.78 is 0. The quantitative estimate of drug-likeness (QED) is 0.214. The molecule has 0 bridgehead atoms. The van der Waals surface area contributed by atoms with E-state index < -0.39 is 0 Å². The van der Waals surface area contributed by atoms with Gasteiger partial charge in [-0.2, -0.15) is 0 Å². The Labute approximate surface area is 167 Å². The van der Waals surface area contributed by atoms with Crippen molar-refractivity contribution in [3.63, 3.8) is 0 Å². The van der Waals surface area contributed by atoms with Gasteiger partial charge in [-0.25, -0.2) is 0 Å². The summed E-state index contributed by atoms with van der Waals surface area (Å²) in [5.41, 5.74) is 6.05. The molecule has 0 rings (SSSR count). The third kappa shape index (κ3) is 24.0. The molecule has 1 heteroatoms. The molecule has 0 radical (unpaired) electrons. The molecule has 0 aliphatic carbocycles. The summed E-state index contributed by atoms with van der Waals surface area (Å²) in [4.78, 5) is 0. The van der Waals surface area contributed by atoms with Gasteiger partial charge in [-0.1, -0.05) is 136 Å². The molecule has 1 nitrogen and oxygen atoms in total. The molecule has 26 heavy (non-hydrogen) atoms. The number of unbranched alkanes of at least 4 members (excludes halogenated alkanes) is 18. The van der Waals surface area contributed by atoms with Gasteiger partial charge in [0, 0.05) is 0 Å². The van der Waals surface area contributed by atoms with E-state index in [1.54, 1.807) is 0 Å². The number of hydrogen-bond acceptors (Lipinski definition) is 1. The Balaban J connectivity index is 3.01. The van der Waals surface area contributed by atoms with Gasteiger partial charge in [-0.05, 0) is 24.8 Å². The molecule has 0 aliphatic rings. The van der Waals surface area contributed by atoms with Gasteiger partial charge in [0.2, 0.25) is 0 Å². The van der Waals surface area contributed by atoms with Crippen LogP contribution in [0.15, 0.2) is 0 Å². The van der Waals surface area contributed by atoms with E-state index in [1.807, 2.05) is 0 Å². The molecular weight excluding hydrogens is 314 g/mol. The standard InChI is InChI=1S/C25H53N/c1-25(2,3)23-21-19-17-15-13-11-9-7-5-4-6-8-10-12-14-16-18-20-22-24-26/h4-24,26H2,1-3H3. The van der Waals surface area contributed by atoms with E-state index in [2.05, 4.69) is 20.8 Å². The fourth-order valence-electron chi connectivity index (χ4n) is 3.80. The summed E-state index contributed by atoms with van der Waals surface area (Å²) >= 11 is 0. The second-order valence-corrected chi connectivity index (χ2v) is 9.82. The molecular formula is C25H53N. The molecule has 0 fully saturated rings. The lowest BCUT2D eigenvalue weighted by atomic mass is 9.89. The smallest absolute Gasteiger partial charge is 0.00773 e. The first-order valence-electron chi connectivity index (χ1n) is 12.3. The summed E-state index contributed by atoms with van der Waals surface area (Å²) in [6.45, 7) is 7.95. The average Bonchev–Trinajstić information content (AvgIpc) is 2.59. The molecule has 0 atom stereocenters. The molecule has 0 aromatic rings. The molecule has 0 aromatic heterocycles. The van der Waals surface area contributed by atoms with E-state index in [-0.39, 0.29) is 0 Å². The van der Waals surface area contributed by atoms with Crippen molar-refractivity contribution in [1.29, 1.82) is 0 Å². The largest absolute Gasteiger partial charge is 0.330 e. The van der Waals surface area contributed by atoms with Crippen LogP contribution >= 0.6 is 0 Å². The van der Waals surface area contributed by atoms with Gasteiger partial charge < -0.3 is 5.73 Å². The predicted octanol–water partition coefficient (Wildman–Crippen LogP) is 8.79. The normalized spacial score (nSPS) is 12.0. The zero-order chi connectivity index (χ0) is 19.3. The van der Waals surface area contributed by atoms with Crippen LogP contribution in [-0.2, 0) is 0 Å². The van der Waals surface area contributed by atoms with Crippen molar-refractivity contribution in [2.24, 2.45) is 11.1 Å². The van der Waals surface area contributed by atoms with Crippen molar-refractivity contribution in [2.75, 3.05) is 6.54 Å². The predicted molar refractivity (Wildman–Crippen MR) is 121 cm³/mol. The summed E-state index contributed by atoms with van der Waals surface area (Å²) in [7, 11) is 0. The summed E-state index contributed by atoms with van der Waals surface area (Å²) in [6, 6.07) is 0. The highest BCUT2D eigenvalue weighted by Gasteiger charge is 2.08. The topological polar surface area (TPSA) is 26.0 Å². The fraction of sp³-hybridized carbons (Fsp3) is 1.00. The van der Waals surface area contributed by atoms with Crippen LogP contribution in [0.1, 0.15) is 149 Å². The zero-order valence-electron chi connectivity index (χ0n) is 18.9. The highest BCUT2D eigenvalue weighted by atomic mass is 14.5. The van der Waals surface area contributed by atoms with Crippen LogP contribution < -0.4 is 5.73 Å². The molecule has 0 unspecified atom stereocenters. The maximum absolute atomic E-state index is 5.52. The van der Waals surface area contributed by atoms with Gasteiger partial charge in [-0.15, -0.1) is 0 Å². The second-order valence-electron chi connectivity index (χ2n) is 9.82. The molecule has 0 saturated carbocycles. The fourth-order valence-corrected chi connectivity index (χ4v) is 3.80. The van der Waals surface area contributed by atoms with E-state index in [0.717, 1.165) is 6.54 Å². The van der Waals surface area contributed by atoms with Crippen LogP contribution in [-0.4, -0.2) is 6.54 Å². The molecule has 0 spiro atoms. The van der Waals surface area contributed by atoms with E-state index >= 15 is 0 Å². The van der Waals surface area contributed by atoms with Crippen LogP contribution in [0.25, 0.3) is 0 Å². The molecule has 2 N–H and O–H groups in total. The van der Waals surface area contributed by atoms with Gasteiger partial charge in [0.25, 0.3) is 0 Å². The monoisotopic (exact) mass is 367 g/mol. The highest BCUT2D eigenvalue weighted by Crippen LogP contribution is 2.22. The van der Waals surface area contributed by atoms with Crippen molar-refractivity contribution in [2.45, 2.75) is 149 Å². The lowest BCUT2D eigenvalue weighted by molar-refractivity contribution is 0.356. The first-order chi connectivity index (χ1) is 12.6. The lowest BCUT2D eigenvalue weighted by Crippen LogP contribution is -2.03. The van der Waals surface area contributed by atoms with Gasteiger partial charge in [0.1, 0.15) is 0 Å². The lowest BCUT2D eigenvalue weighted by Gasteiger charge is -2.17. The van der Waals surface area contributed by atoms with Crippen LogP contribution in [0.4, 0.5) is 0 Å². The van der Waals surface area contributed by atoms with Crippen LogP contribution in [0.2, 0.25) is 0 Å². The molecule has 158 valence electrons. The van der Waals surface area contributed by atoms with Gasteiger partial charge in [0.05, 0.1) is 0 Å². The minimum absolute atomic E-state index is 0.532. The minimum Gasteiger partial charge on any atom is -0.330 e. The maximum atomic E-state index is 5.52. The zero-order valence-corrected chi connectivity index (χ0v) is 18.9. The molecule has 0 amide bonds. The van der Waals surface area contributed by atoms with E-state index in [0.29, 0.717) is 5.41 Å². The van der Waals surface area contributed by atoms with Crippen molar-refractivity contribution in [1.82, 2.24) is 0 Å². The Morgan fingerprint density at radius 2 is 0.615 bits per heavy atom. The Bertz CT molecular complexity index is 253. The SMILES string of the molecule is CC(C)(C)CCCCCCCCCCCCCCCCCCCCCN. The van der Waals surface area contributed by atoms with E-state index in [4.69, 9.17) is 5.73 Å². The van der Waals surface area contributed by atoms with Crippen molar-refractivity contribution >= 4 is 0 Å². The molecule has 0 aliphatic heterocycles. The molecule has 0 aromatic carbocycles. The maximum Gasteiger partial charge on any atom is -0.00773 e. The highest BCUT2D eigenvalue weighted by molar-refractivity contribution is 4.61. The second kappa shape index (κ2) is 19.7. The van der Waals surface area contributed by atoms with Crippen LogP contribution in [0.3, 0.4) is 0 Å². The van der Waals surface area contributed by atoms with Gasteiger partial charge >= 0.3 is 0 Å². The summed E-state index contributed by atoms with van der Waals surface area (Å²) in [5.74, 6) is 0. The third-order valence-corrected chi connectivity index (χ3v) is 5.63. The molecule has 0 heterocycles. The van der Waals surface area contributed by atoms with Crippen LogP contribution in [0.5, 0.6) is 0 Å². The van der Waals surface area contributed by atoms with Gasteiger partial charge in [0.15, 0.2) is 0 Å². The van der Waals surface area contributed by atoms with Crippen molar-refractivity contribution < 1.29 is 0 Å². The van der Waals surface area contributed by atoms with Crippen LogP contribution in [0, 0.1) is 5.41 Å². The Morgan fingerprint density at radius 3 is 0.846 bits per heavy atom. The minimum atomic E-state index is 0.532. The summed E-state index contributed by atoms with van der Waals surface area (Å²) in [5, 5.41) is 0. The molecule has 0 saturated heterocycles. The van der Waals surface area contributed by atoms with Gasteiger partial charge in [-0.3, -0.25) is 0 Å². The average molecular weight is 368 g/mol. The number of hydrogen-bond donors (Lipinski definition) is 1. The first kappa shape index (κ1) is 26.0. The van der Waals surface area contributed by atoms with E-state index in [9.17, 15) is 0 Å². The Hall–Kier alpha value is -0.0400. The Kier molecular flexibility index (Phi) is 19.7. The van der Waals surface area contributed by atoms with E-state index in [1.165, 1.54) is 128 Å². The number of rotatable bonds is 20. The van der Waals surface area contributed by atoms with Crippen molar-refractivity contribution in [3.05, 3.63) is 0 Å². The third-order valence-electron chi connectivity index (χ3n) is 5.63. The summed E-state index contributed by atoms with van der Waals surface area (Å²) in [6.07, 6.45) is 28.7. The first-order valence-corrected chi connectivity index (χ1v) is 12.3.